The topological polar surface area (TPSA) is 114 Å². The molecule has 1 amide bonds. The lowest BCUT2D eigenvalue weighted by molar-refractivity contribution is 0.0942. The van der Waals surface area contributed by atoms with Crippen molar-refractivity contribution in [1.82, 2.24) is 25.5 Å². The summed E-state index contributed by atoms with van der Waals surface area (Å²) in [5.41, 5.74) is 1.36. The number of nitrogens with one attached hydrogen (secondary N) is 3. The maximum absolute atomic E-state index is 14.7. The number of rotatable bonds is 9. The van der Waals surface area contributed by atoms with Gasteiger partial charge in [0.05, 0.1) is 36.9 Å². The Kier molecular flexibility index (Phi) is 6.93. The Bertz CT molecular complexity index is 1300. The Hall–Kier alpha value is -4.12. The van der Waals surface area contributed by atoms with Gasteiger partial charge in [0.25, 0.3) is 5.91 Å². The summed E-state index contributed by atoms with van der Waals surface area (Å²) in [5, 5.41) is 12.6. The zero-order chi connectivity index (χ0) is 24.1. The molecule has 1 atom stereocenters. The van der Waals surface area contributed by atoms with Crippen molar-refractivity contribution in [2.45, 2.75) is 6.04 Å². The van der Waals surface area contributed by atoms with Gasteiger partial charge in [-0.15, -0.1) is 0 Å². The first-order valence-corrected chi connectivity index (χ1v) is 10.3. The molecule has 2 heterocycles. The molecule has 0 bridgehead atoms. The third-order valence-electron chi connectivity index (χ3n) is 5.14. The van der Waals surface area contributed by atoms with Gasteiger partial charge in [-0.05, 0) is 29.8 Å². The minimum atomic E-state index is -0.748. The van der Waals surface area contributed by atoms with E-state index in [-0.39, 0.29) is 28.2 Å². The van der Waals surface area contributed by atoms with Gasteiger partial charge >= 0.3 is 0 Å². The van der Waals surface area contributed by atoms with Crippen molar-refractivity contribution < 1.29 is 23.0 Å². The lowest BCUT2D eigenvalue weighted by atomic mass is 10.0. The Morgan fingerprint density at radius 2 is 1.97 bits per heavy atom. The van der Waals surface area contributed by atoms with Gasteiger partial charge in [0.2, 0.25) is 5.95 Å². The number of H-pyrrole nitrogens is 1. The van der Waals surface area contributed by atoms with Crippen LogP contribution < -0.4 is 15.4 Å². The van der Waals surface area contributed by atoms with Crippen molar-refractivity contribution in [2.24, 2.45) is 0 Å². The molecule has 34 heavy (non-hydrogen) atoms. The summed E-state index contributed by atoms with van der Waals surface area (Å²) in [5.74, 6) is -1.43. The quantitative estimate of drug-likeness (QED) is 0.323. The maximum atomic E-state index is 14.7. The van der Waals surface area contributed by atoms with Crippen LogP contribution in [0.25, 0.3) is 10.9 Å². The average Bonchev–Trinajstić information content (AvgIpc) is 3.37. The molecule has 0 saturated heterocycles. The molecule has 0 radical (unpaired) electrons. The summed E-state index contributed by atoms with van der Waals surface area (Å²) in [6, 6.07) is 6.20. The molecule has 0 aliphatic heterocycles. The zero-order valence-electron chi connectivity index (χ0n) is 18.4. The van der Waals surface area contributed by atoms with Gasteiger partial charge in [-0.2, -0.15) is 5.10 Å². The maximum Gasteiger partial charge on any atom is 0.252 e. The number of carbonyl (C=O) groups excluding carboxylic acids is 1. The highest BCUT2D eigenvalue weighted by atomic mass is 19.1. The van der Waals surface area contributed by atoms with Gasteiger partial charge in [0.15, 0.2) is 11.6 Å². The van der Waals surface area contributed by atoms with Gasteiger partial charge in [0, 0.05) is 37.2 Å². The minimum Gasteiger partial charge on any atom is -0.494 e. The van der Waals surface area contributed by atoms with E-state index >= 15 is 0 Å². The molecular weight excluding hydrogens is 446 g/mol. The van der Waals surface area contributed by atoms with E-state index in [0.29, 0.717) is 24.3 Å². The number of aromatic amines is 1. The fourth-order valence-electron chi connectivity index (χ4n) is 3.43. The SMILES string of the molecule is COCCNc1ncc2c(F)cc(C(=O)N[C@H](c3cn[nH]c3)c3ccc(OC)c(F)c3)cc2n1. The predicted molar refractivity (Wildman–Crippen MR) is 121 cm³/mol. The number of aromatic nitrogens is 4. The first kappa shape index (κ1) is 23.1. The Morgan fingerprint density at radius 1 is 1.12 bits per heavy atom. The number of benzene rings is 2. The van der Waals surface area contributed by atoms with Crippen molar-refractivity contribution in [3.05, 3.63) is 77.2 Å². The molecule has 0 fully saturated rings. The molecular formula is C23H22F2N6O3. The molecule has 0 spiro atoms. The van der Waals surface area contributed by atoms with Crippen molar-refractivity contribution in [3.63, 3.8) is 0 Å². The molecule has 9 nitrogen and oxygen atoms in total. The Balaban J connectivity index is 1.64. The summed E-state index contributed by atoms with van der Waals surface area (Å²) in [4.78, 5) is 21.5. The number of halogens is 2. The van der Waals surface area contributed by atoms with Crippen LogP contribution in [0, 0.1) is 11.6 Å². The number of hydrogen-bond donors (Lipinski definition) is 3. The normalized spacial score (nSPS) is 11.9. The molecule has 2 aromatic carbocycles. The predicted octanol–water partition coefficient (Wildman–Crippen LogP) is 3.22. The second-order valence-corrected chi connectivity index (χ2v) is 7.34. The number of nitrogens with zero attached hydrogens (tertiary/aromatic N) is 3. The second kappa shape index (κ2) is 10.2. The van der Waals surface area contributed by atoms with Crippen LogP contribution in [0.4, 0.5) is 14.7 Å². The van der Waals surface area contributed by atoms with Crippen LogP contribution in [-0.2, 0) is 4.74 Å². The molecule has 0 aliphatic carbocycles. The molecule has 0 unspecified atom stereocenters. The van der Waals surface area contributed by atoms with E-state index < -0.39 is 23.6 Å². The van der Waals surface area contributed by atoms with Crippen molar-refractivity contribution in [2.75, 3.05) is 32.7 Å². The number of hydrogen-bond acceptors (Lipinski definition) is 7. The number of carbonyl (C=O) groups is 1. The van der Waals surface area contributed by atoms with Crippen LogP contribution in [0.5, 0.6) is 5.75 Å². The Morgan fingerprint density at radius 3 is 2.68 bits per heavy atom. The highest BCUT2D eigenvalue weighted by Crippen LogP contribution is 2.27. The number of fused-ring (bicyclic) bond motifs is 1. The van der Waals surface area contributed by atoms with Crippen LogP contribution in [0.2, 0.25) is 0 Å². The number of methoxy groups -OCH3 is 2. The fourth-order valence-corrected chi connectivity index (χ4v) is 3.43. The van der Waals surface area contributed by atoms with Gasteiger partial charge < -0.3 is 20.1 Å². The van der Waals surface area contributed by atoms with Crippen LogP contribution in [0.15, 0.2) is 48.9 Å². The molecule has 0 saturated carbocycles. The van der Waals surface area contributed by atoms with Gasteiger partial charge in [-0.1, -0.05) is 6.07 Å². The van der Waals surface area contributed by atoms with Crippen molar-refractivity contribution >= 4 is 22.8 Å². The summed E-state index contributed by atoms with van der Waals surface area (Å²) < 4.78 is 39.0. The van der Waals surface area contributed by atoms with Crippen LogP contribution in [0.1, 0.15) is 27.5 Å². The smallest absolute Gasteiger partial charge is 0.252 e. The first-order valence-electron chi connectivity index (χ1n) is 10.3. The molecule has 176 valence electrons. The van der Waals surface area contributed by atoms with E-state index in [2.05, 4.69) is 30.8 Å². The third kappa shape index (κ3) is 4.94. The van der Waals surface area contributed by atoms with E-state index in [1.807, 2.05) is 0 Å². The lowest BCUT2D eigenvalue weighted by Crippen LogP contribution is -2.29. The second-order valence-electron chi connectivity index (χ2n) is 7.34. The van der Waals surface area contributed by atoms with Gasteiger partial charge in [-0.3, -0.25) is 9.89 Å². The lowest BCUT2D eigenvalue weighted by Gasteiger charge is -2.19. The molecule has 0 aliphatic rings. The highest BCUT2D eigenvalue weighted by molar-refractivity contribution is 5.98. The summed E-state index contributed by atoms with van der Waals surface area (Å²) in [6.07, 6.45) is 4.45. The summed E-state index contributed by atoms with van der Waals surface area (Å²) >= 11 is 0. The van der Waals surface area contributed by atoms with Crippen LogP contribution >= 0.6 is 0 Å². The van der Waals surface area contributed by atoms with Crippen LogP contribution in [-0.4, -0.2) is 53.4 Å². The third-order valence-corrected chi connectivity index (χ3v) is 5.14. The monoisotopic (exact) mass is 468 g/mol. The van der Waals surface area contributed by atoms with Gasteiger partial charge in [0.1, 0.15) is 5.82 Å². The first-order chi connectivity index (χ1) is 16.5. The fraction of sp³-hybridized carbons (Fsp3) is 0.217. The number of ether oxygens (including phenoxy) is 2. The van der Waals surface area contributed by atoms with E-state index in [9.17, 15) is 13.6 Å². The highest BCUT2D eigenvalue weighted by Gasteiger charge is 2.21. The average molecular weight is 468 g/mol. The minimum absolute atomic E-state index is 0.0500. The van der Waals surface area contributed by atoms with E-state index in [1.54, 1.807) is 19.4 Å². The Labute approximate surface area is 193 Å². The van der Waals surface area contributed by atoms with Crippen molar-refractivity contribution in [1.29, 1.82) is 0 Å². The van der Waals surface area contributed by atoms with E-state index in [0.717, 1.165) is 6.07 Å². The molecule has 4 rings (SSSR count). The molecule has 4 aromatic rings. The summed E-state index contributed by atoms with van der Waals surface area (Å²) in [7, 11) is 2.93. The van der Waals surface area contributed by atoms with Crippen molar-refractivity contribution in [3.8, 4) is 5.75 Å². The van der Waals surface area contributed by atoms with Gasteiger partial charge in [-0.25, -0.2) is 18.7 Å². The van der Waals surface area contributed by atoms with E-state index in [4.69, 9.17) is 9.47 Å². The molecule has 3 N–H and O–H groups in total. The molecule has 2 aromatic heterocycles. The number of anilines is 1. The van der Waals surface area contributed by atoms with E-state index in [1.165, 1.54) is 37.7 Å². The van der Waals surface area contributed by atoms with Crippen LogP contribution in [0.3, 0.4) is 0 Å². The molecule has 11 heteroatoms. The number of amides is 1. The largest absolute Gasteiger partial charge is 0.494 e. The zero-order valence-corrected chi connectivity index (χ0v) is 18.4. The summed E-state index contributed by atoms with van der Waals surface area (Å²) in [6.45, 7) is 0.912. The standard InChI is InChI=1S/C23H22F2N6O3/c1-33-6-5-26-23-27-12-16-17(24)8-14(9-19(16)30-23)22(32)31-21(15-10-28-29-11-15)13-3-4-20(34-2)18(25)7-13/h3-4,7-12,21H,5-6H2,1-2H3,(H,28,29)(H,31,32)(H,26,27,30)/t21-/m0/s1.